The summed E-state index contributed by atoms with van der Waals surface area (Å²) in [6.45, 7) is 1.56. The van der Waals surface area contributed by atoms with Gasteiger partial charge in [0.2, 0.25) is 0 Å². The van der Waals surface area contributed by atoms with Gasteiger partial charge in [-0.2, -0.15) is 0 Å². The molecule has 37 heavy (non-hydrogen) atoms. The summed E-state index contributed by atoms with van der Waals surface area (Å²) in [5, 5.41) is 0.936. The highest BCUT2D eigenvalue weighted by Crippen LogP contribution is 2.61. The molecule has 7 rings (SSSR count). The molecular formula is C31H21BrN2O3. The van der Waals surface area contributed by atoms with Crippen molar-refractivity contribution in [3.8, 4) is 0 Å². The van der Waals surface area contributed by atoms with Crippen LogP contribution in [0.25, 0.3) is 17.0 Å². The molecule has 1 spiro atoms. The number of carbonyl (C=O) groups is 3. The van der Waals surface area contributed by atoms with Crippen molar-refractivity contribution in [3.05, 3.63) is 112 Å². The minimum atomic E-state index is -1.47. The second kappa shape index (κ2) is 7.80. The van der Waals surface area contributed by atoms with E-state index < -0.39 is 23.4 Å². The molecular weight excluding hydrogens is 528 g/mol. The largest absolute Gasteiger partial charge is 0.351 e. The van der Waals surface area contributed by atoms with Crippen LogP contribution in [-0.2, 0) is 4.79 Å². The molecule has 3 aliphatic rings. The number of halogens is 1. The predicted molar refractivity (Wildman–Crippen MR) is 146 cm³/mol. The highest BCUT2D eigenvalue weighted by Gasteiger charge is 2.71. The van der Waals surface area contributed by atoms with Crippen molar-refractivity contribution in [2.24, 2.45) is 5.41 Å². The highest BCUT2D eigenvalue weighted by atomic mass is 79.9. The SMILES string of the molecule is CC(=O)C1C(c2ccc(Br)cc2)C2(C(=O)c3ccccc3C2=O)C2C=Cc3ccc4cccnc4c3N12. The zero-order valence-corrected chi connectivity index (χ0v) is 21.5. The summed E-state index contributed by atoms with van der Waals surface area (Å²) in [7, 11) is 0. The van der Waals surface area contributed by atoms with Gasteiger partial charge in [0, 0.05) is 33.1 Å². The summed E-state index contributed by atoms with van der Waals surface area (Å²) in [4.78, 5) is 49.2. The Kier molecular flexibility index (Phi) is 4.70. The number of pyridine rings is 1. The Balaban J connectivity index is 1.58. The Bertz CT molecular complexity index is 1660. The number of anilines is 1. The minimum absolute atomic E-state index is 0.0967. The molecule has 1 fully saturated rings. The van der Waals surface area contributed by atoms with E-state index in [0.29, 0.717) is 11.1 Å². The second-order valence-corrected chi connectivity index (χ2v) is 10.9. The molecule has 1 saturated heterocycles. The number of ketones is 3. The van der Waals surface area contributed by atoms with Crippen molar-refractivity contribution in [3.63, 3.8) is 0 Å². The van der Waals surface area contributed by atoms with Crippen molar-refractivity contribution in [1.29, 1.82) is 0 Å². The first-order chi connectivity index (χ1) is 17.9. The molecule has 0 bridgehead atoms. The van der Waals surface area contributed by atoms with Crippen molar-refractivity contribution in [2.75, 3.05) is 4.90 Å². The smallest absolute Gasteiger partial charge is 0.180 e. The first-order valence-electron chi connectivity index (χ1n) is 12.2. The van der Waals surface area contributed by atoms with Gasteiger partial charge in [-0.3, -0.25) is 19.4 Å². The van der Waals surface area contributed by atoms with Crippen molar-refractivity contribution >= 4 is 55.9 Å². The zero-order valence-electron chi connectivity index (χ0n) is 19.9. The Morgan fingerprint density at radius 2 is 1.62 bits per heavy atom. The van der Waals surface area contributed by atoms with Gasteiger partial charge in [0.05, 0.1) is 23.3 Å². The Morgan fingerprint density at radius 1 is 0.919 bits per heavy atom. The number of Topliss-reactive ketones (excluding diaryl/α,β-unsaturated/α-hetero) is 3. The molecule has 4 aromatic rings. The molecule has 3 heterocycles. The Morgan fingerprint density at radius 3 is 2.30 bits per heavy atom. The molecule has 3 aromatic carbocycles. The molecule has 0 saturated carbocycles. The summed E-state index contributed by atoms with van der Waals surface area (Å²) in [6.07, 6.45) is 5.64. The maximum atomic E-state index is 14.5. The summed E-state index contributed by atoms with van der Waals surface area (Å²) in [5.74, 6) is -1.22. The van der Waals surface area contributed by atoms with E-state index in [-0.39, 0.29) is 17.3 Å². The quantitative estimate of drug-likeness (QED) is 0.286. The van der Waals surface area contributed by atoms with Crippen molar-refractivity contribution < 1.29 is 14.4 Å². The first kappa shape index (κ1) is 22.3. The lowest BCUT2D eigenvalue weighted by Crippen LogP contribution is -2.48. The van der Waals surface area contributed by atoms with Gasteiger partial charge in [0.25, 0.3) is 0 Å². The number of aromatic nitrogens is 1. The van der Waals surface area contributed by atoms with Crippen LogP contribution in [0, 0.1) is 5.41 Å². The van der Waals surface area contributed by atoms with Gasteiger partial charge in [0.1, 0.15) is 5.41 Å². The van der Waals surface area contributed by atoms with E-state index in [1.807, 2.05) is 65.6 Å². The number of nitrogens with zero attached hydrogens (tertiary/aromatic N) is 2. The molecule has 1 aliphatic carbocycles. The number of hydrogen-bond acceptors (Lipinski definition) is 5. The van der Waals surface area contributed by atoms with E-state index in [1.54, 1.807) is 37.4 Å². The van der Waals surface area contributed by atoms with Crippen molar-refractivity contribution in [1.82, 2.24) is 4.98 Å². The summed E-state index contributed by atoms with van der Waals surface area (Å²) < 4.78 is 0.883. The fourth-order valence-corrected chi connectivity index (χ4v) is 7.04. The third kappa shape index (κ3) is 2.79. The van der Waals surface area contributed by atoms with Gasteiger partial charge in [-0.15, -0.1) is 0 Å². The maximum absolute atomic E-state index is 14.5. The molecule has 3 unspecified atom stereocenters. The second-order valence-electron chi connectivity index (χ2n) is 9.95. The van der Waals surface area contributed by atoms with Crippen LogP contribution in [0.5, 0.6) is 0 Å². The maximum Gasteiger partial charge on any atom is 0.180 e. The summed E-state index contributed by atoms with van der Waals surface area (Å²) in [6, 6.07) is 21.2. The molecule has 0 radical (unpaired) electrons. The van der Waals surface area contributed by atoms with Crippen LogP contribution in [0.4, 0.5) is 5.69 Å². The fraction of sp³-hybridized carbons (Fsp3) is 0.161. The molecule has 1 aromatic heterocycles. The van der Waals surface area contributed by atoms with E-state index >= 15 is 0 Å². The average Bonchev–Trinajstić information content (AvgIpc) is 3.35. The third-order valence-corrected chi connectivity index (χ3v) is 8.71. The van der Waals surface area contributed by atoms with Gasteiger partial charge in [-0.1, -0.05) is 82.7 Å². The lowest BCUT2D eigenvalue weighted by Gasteiger charge is -2.37. The van der Waals surface area contributed by atoms with E-state index in [2.05, 4.69) is 20.9 Å². The predicted octanol–water partition coefficient (Wildman–Crippen LogP) is 6.02. The first-order valence-corrected chi connectivity index (χ1v) is 13.0. The standard InChI is InChI=1S/C31H21BrN2O3/c1-17(35)27-25(18-10-13-21(32)14-11-18)31(29(36)22-6-2-3-7-23(22)30(31)37)24-15-12-20-9-8-19-5-4-16-33-26(19)28(20)34(24)27/h2-16,24-25,27H,1H3. The van der Waals surface area contributed by atoms with Crippen LogP contribution in [0.3, 0.4) is 0 Å². The normalized spacial score (nSPS) is 22.9. The van der Waals surface area contributed by atoms with Gasteiger partial charge in [-0.25, -0.2) is 0 Å². The zero-order chi connectivity index (χ0) is 25.5. The third-order valence-electron chi connectivity index (χ3n) is 8.18. The molecule has 3 atom stereocenters. The number of fused-ring (bicyclic) bond motifs is 7. The van der Waals surface area contributed by atoms with Crippen LogP contribution in [0.2, 0.25) is 0 Å². The molecule has 180 valence electrons. The molecule has 6 heteroatoms. The number of rotatable bonds is 2. The van der Waals surface area contributed by atoms with E-state index in [4.69, 9.17) is 0 Å². The van der Waals surface area contributed by atoms with Crippen LogP contribution >= 0.6 is 15.9 Å². The van der Waals surface area contributed by atoms with Crippen LogP contribution < -0.4 is 4.90 Å². The van der Waals surface area contributed by atoms with Crippen LogP contribution in [0.15, 0.2) is 89.5 Å². The van der Waals surface area contributed by atoms with Crippen molar-refractivity contribution in [2.45, 2.75) is 24.9 Å². The lowest BCUT2D eigenvalue weighted by atomic mass is 9.64. The van der Waals surface area contributed by atoms with Gasteiger partial charge in [-0.05, 0) is 36.2 Å². The van der Waals surface area contributed by atoms with Gasteiger partial charge >= 0.3 is 0 Å². The Labute approximate surface area is 222 Å². The topological polar surface area (TPSA) is 67.3 Å². The summed E-state index contributed by atoms with van der Waals surface area (Å²) >= 11 is 3.50. The molecule has 0 N–H and O–H groups in total. The summed E-state index contributed by atoms with van der Waals surface area (Å²) in [5.41, 5.74) is 2.62. The van der Waals surface area contributed by atoms with E-state index in [9.17, 15) is 14.4 Å². The number of hydrogen-bond donors (Lipinski definition) is 0. The van der Waals surface area contributed by atoms with Gasteiger partial charge < -0.3 is 4.90 Å². The lowest BCUT2D eigenvalue weighted by molar-refractivity contribution is -0.118. The monoisotopic (exact) mass is 548 g/mol. The van der Waals surface area contributed by atoms with Crippen LogP contribution in [0.1, 0.15) is 44.7 Å². The molecule has 2 aliphatic heterocycles. The highest BCUT2D eigenvalue weighted by molar-refractivity contribution is 9.10. The minimum Gasteiger partial charge on any atom is -0.351 e. The van der Waals surface area contributed by atoms with Crippen LogP contribution in [-0.4, -0.2) is 34.4 Å². The number of benzene rings is 3. The van der Waals surface area contributed by atoms with E-state index in [1.165, 1.54) is 0 Å². The Hall–Kier alpha value is -3.90. The fourth-order valence-electron chi connectivity index (χ4n) is 6.78. The molecule has 5 nitrogen and oxygen atoms in total. The molecule has 0 amide bonds. The van der Waals surface area contributed by atoms with E-state index in [0.717, 1.165) is 32.2 Å². The number of carbonyl (C=O) groups excluding carboxylic acids is 3. The average molecular weight is 549 g/mol. The van der Waals surface area contributed by atoms with Gasteiger partial charge in [0.15, 0.2) is 17.3 Å².